The van der Waals surface area contributed by atoms with Gasteiger partial charge in [-0.1, -0.05) is 12.1 Å². The molecule has 1 aromatic carbocycles. The molecular formula is C10H10BNO. The lowest BCUT2D eigenvalue weighted by atomic mass is 9.91. The van der Waals surface area contributed by atoms with E-state index in [0.29, 0.717) is 5.75 Å². The molecule has 0 bridgehead atoms. The summed E-state index contributed by atoms with van der Waals surface area (Å²) >= 11 is 0. The predicted molar refractivity (Wildman–Crippen MR) is 56.3 cm³/mol. The SMILES string of the molecule is Bc1c(C)nc2ccccc2c1O. The summed E-state index contributed by atoms with van der Waals surface area (Å²) in [5.41, 5.74) is 2.60. The molecule has 0 saturated carbocycles. The molecule has 1 aromatic heterocycles. The normalized spacial score (nSPS) is 10.5. The van der Waals surface area contributed by atoms with Gasteiger partial charge in [0.1, 0.15) is 13.6 Å². The van der Waals surface area contributed by atoms with E-state index in [1.165, 1.54) is 0 Å². The topological polar surface area (TPSA) is 33.1 Å². The van der Waals surface area contributed by atoms with Gasteiger partial charge in [-0.25, -0.2) is 0 Å². The summed E-state index contributed by atoms with van der Waals surface area (Å²) in [6.45, 7) is 1.90. The van der Waals surface area contributed by atoms with Crippen molar-refractivity contribution in [1.29, 1.82) is 0 Å². The fraction of sp³-hybridized carbons (Fsp3) is 0.100. The molecule has 0 spiro atoms. The maximum absolute atomic E-state index is 9.80. The molecule has 0 aliphatic rings. The largest absolute Gasteiger partial charge is 0.508 e. The average Bonchev–Trinajstić information content (AvgIpc) is 2.15. The number of rotatable bonds is 0. The van der Waals surface area contributed by atoms with Crippen LogP contribution in [0, 0.1) is 6.92 Å². The monoisotopic (exact) mass is 171 g/mol. The summed E-state index contributed by atoms with van der Waals surface area (Å²) in [6.07, 6.45) is 0. The molecule has 0 fully saturated rings. The fourth-order valence-corrected chi connectivity index (χ4v) is 1.41. The highest BCUT2D eigenvalue weighted by molar-refractivity contribution is 6.36. The molecule has 0 saturated heterocycles. The smallest absolute Gasteiger partial charge is 0.146 e. The molecule has 1 N–H and O–H groups in total. The van der Waals surface area contributed by atoms with Crippen molar-refractivity contribution in [2.75, 3.05) is 0 Å². The second-order valence-electron chi connectivity index (χ2n) is 3.19. The molecule has 0 amide bonds. The number of benzene rings is 1. The van der Waals surface area contributed by atoms with Crippen molar-refractivity contribution < 1.29 is 5.11 Å². The Morgan fingerprint density at radius 1 is 1.31 bits per heavy atom. The summed E-state index contributed by atoms with van der Waals surface area (Å²) in [5.74, 6) is 0.350. The number of pyridine rings is 1. The quantitative estimate of drug-likeness (QED) is 0.585. The summed E-state index contributed by atoms with van der Waals surface area (Å²) in [6, 6.07) is 7.60. The maximum Gasteiger partial charge on any atom is 0.146 e. The molecule has 0 unspecified atom stereocenters. The van der Waals surface area contributed by atoms with Gasteiger partial charge >= 0.3 is 0 Å². The van der Waals surface area contributed by atoms with Crippen LogP contribution >= 0.6 is 0 Å². The molecular weight excluding hydrogens is 161 g/mol. The third kappa shape index (κ3) is 1.17. The number of nitrogens with zero attached hydrogens (tertiary/aromatic N) is 1. The molecule has 3 heteroatoms. The summed E-state index contributed by atoms with van der Waals surface area (Å²) in [4.78, 5) is 4.38. The lowest BCUT2D eigenvalue weighted by Gasteiger charge is -2.06. The molecule has 2 nitrogen and oxygen atoms in total. The average molecular weight is 171 g/mol. The van der Waals surface area contributed by atoms with Crippen LogP contribution in [-0.4, -0.2) is 17.9 Å². The summed E-state index contributed by atoms with van der Waals surface area (Å²) < 4.78 is 0. The Morgan fingerprint density at radius 3 is 2.77 bits per heavy atom. The van der Waals surface area contributed by atoms with E-state index in [0.717, 1.165) is 22.1 Å². The van der Waals surface area contributed by atoms with Gasteiger partial charge in [-0.2, -0.15) is 0 Å². The van der Waals surface area contributed by atoms with E-state index in [4.69, 9.17) is 0 Å². The van der Waals surface area contributed by atoms with Crippen molar-refractivity contribution >= 4 is 24.2 Å². The Bertz CT molecular complexity index is 468. The van der Waals surface area contributed by atoms with Gasteiger partial charge in [0.05, 0.1) is 5.52 Å². The van der Waals surface area contributed by atoms with Gasteiger partial charge in [-0.15, -0.1) is 0 Å². The van der Waals surface area contributed by atoms with Crippen molar-refractivity contribution in [1.82, 2.24) is 4.98 Å². The number of hydrogen-bond acceptors (Lipinski definition) is 2. The highest BCUT2D eigenvalue weighted by Crippen LogP contribution is 2.20. The zero-order chi connectivity index (χ0) is 9.42. The van der Waals surface area contributed by atoms with E-state index in [2.05, 4.69) is 4.98 Å². The number of fused-ring (bicyclic) bond motifs is 1. The molecule has 2 rings (SSSR count). The highest BCUT2D eigenvalue weighted by atomic mass is 16.3. The lowest BCUT2D eigenvalue weighted by Crippen LogP contribution is -2.10. The van der Waals surface area contributed by atoms with Gasteiger partial charge in [0, 0.05) is 11.1 Å². The molecule has 2 aromatic rings. The Labute approximate surface area is 77.6 Å². The minimum absolute atomic E-state index is 0.350. The molecule has 64 valence electrons. The first-order valence-corrected chi connectivity index (χ1v) is 4.25. The third-order valence-electron chi connectivity index (χ3n) is 2.35. The molecule has 0 aliphatic heterocycles. The van der Waals surface area contributed by atoms with Crippen molar-refractivity contribution in [2.45, 2.75) is 6.92 Å². The minimum Gasteiger partial charge on any atom is -0.508 e. The Kier molecular flexibility index (Phi) is 1.73. The van der Waals surface area contributed by atoms with Crippen LogP contribution in [0.25, 0.3) is 10.9 Å². The second kappa shape index (κ2) is 2.77. The molecule has 0 atom stereocenters. The fourth-order valence-electron chi connectivity index (χ4n) is 1.41. The van der Waals surface area contributed by atoms with E-state index < -0.39 is 0 Å². The first-order chi connectivity index (χ1) is 6.20. The standard InChI is InChI=1S/C10H10BNO/c1-6-9(11)10(13)7-4-2-3-5-8(7)12-6/h2-5H,11H2,1H3,(H,12,13). The molecule has 0 aliphatic carbocycles. The van der Waals surface area contributed by atoms with E-state index in [9.17, 15) is 5.11 Å². The zero-order valence-electron chi connectivity index (χ0n) is 7.70. The number of para-hydroxylation sites is 1. The van der Waals surface area contributed by atoms with Crippen LogP contribution in [0.2, 0.25) is 0 Å². The van der Waals surface area contributed by atoms with Crippen molar-refractivity contribution in [2.24, 2.45) is 0 Å². The Balaban J connectivity index is 2.94. The van der Waals surface area contributed by atoms with E-state index in [-0.39, 0.29) is 0 Å². The second-order valence-corrected chi connectivity index (χ2v) is 3.19. The Morgan fingerprint density at radius 2 is 2.00 bits per heavy atom. The van der Waals surface area contributed by atoms with Crippen LogP contribution in [0.1, 0.15) is 5.69 Å². The molecule has 13 heavy (non-hydrogen) atoms. The van der Waals surface area contributed by atoms with Gasteiger partial charge in [0.25, 0.3) is 0 Å². The van der Waals surface area contributed by atoms with Crippen molar-refractivity contribution in [3.63, 3.8) is 0 Å². The van der Waals surface area contributed by atoms with Crippen molar-refractivity contribution in [3.8, 4) is 5.75 Å². The van der Waals surface area contributed by atoms with Gasteiger partial charge in [-0.05, 0) is 24.5 Å². The van der Waals surface area contributed by atoms with Crippen LogP contribution in [0.4, 0.5) is 0 Å². The Hall–Kier alpha value is -1.51. The van der Waals surface area contributed by atoms with E-state index >= 15 is 0 Å². The number of hydrogen-bond donors (Lipinski definition) is 1. The van der Waals surface area contributed by atoms with E-state index in [1.54, 1.807) is 0 Å². The van der Waals surface area contributed by atoms with Gasteiger partial charge in [0.2, 0.25) is 0 Å². The summed E-state index contributed by atoms with van der Waals surface area (Å²) in [7, 11) is 1.88. The molecule has 0 radical (unpaired) electrons. The van der Waals surface area contributed by atoms with Crippen LogP contribution < -0.4 is 5.46 Å². The van der Waals surface area contributed by atoms with E-state index in [1.807, 2.05) is 39.0 Å². The third-order valence-corrected chi connectivity index (χ3v) is 2.35. The summed E-state index contributed by atoms with van der Waals surface area (Å²) in [5, 5.41) is 10.6. The predicted octanol–water partition coefficient (Wildman–Crippen LogP) is 0.507. The number of aromatic nitrogens is 1. The zero-order valence-corrected chi connectivity index (χ0v) is 7.70. The van der Waals surface area contributed by atoms with Gasteiger partial charge in [-0.3, -0.25) is 4.98 Å². The van der Waals surface area contributed by atoms with Gasteiger partial charge < -0.3 is 5.11 Å². The highest BCUT2D eigenvalue weighted by Gasteiger charge is 2.05. The number of aryl methyl sites for hydroxylation is 1. The first-order valence-electron chi connectivity index (χ1n) is 4.25. The minimum atomic E-state index is 0.350. The van der Waals surface area contributed by atoms with Crippen LogP contribution in [0.3, 0.4) is 0 Å². The first kappa shape index (κ1) is 8.11. The number of aromatic hydroxyl groups is 1. The molecule has 1 heterocycles. The van der Waals surface area contributed by atoms with Crippen molar-refractivity contribution in [3.05, 3.63) is 30.0 Å². The lowest BCUT2D eigenvalue weighted by molar-refractivity contribution is 0.485. The van der Waals surface area contributed by atoms with Crippen LogP contribution in [-0.2, 0) is 0 Å². The maximum atomic E-state index is 9.80. The van der Waals surface area contributed by atoms with Gasteiger partial charge in [0.15, 0.2) is 0 Å². The van der Waals surface area contributed by atoms with Crippen LogP contribution in [0.5, 0.6) is 5.75 Å². The van der Waals surface area contributed by atoms with Crippen LogP contribution in [0.15, 0.2) is 24.3 Å².